The van der Waals surface area contributed by atoms with Crippen molar-refractivity contribution in [3.8, 4) is 0 Å². The lowest BCUT2D eigenvalue weighted by molar-refractivity contribution is -0.149. The third-order valence-electron chi connectivity index (χ3n) is 2.89. The monoisotopic (exact) mass is 254 g/mol. The van der Waals surface area contributed by atoms with E-state index in [4.69, 9.17) is 10.5 Å². The Hall–Kier alpha value is -0.820. The summed E-state index contributed by atoms with van der Waals surface area (Å²) >= 11 is 0. The highest BCUT2D eigenvalue weighted by Gasteiger charge is 2.38. The van der Waals surface area contributed by atoms with Crippen molar-refractivity contribution in [2.75, 3.05) is 26.8 Å². The van der Waals surface area contributed by atoms with E-state index in [1.54, 1.807) is 0 Å². The van der Waals surface area contributed by atoms with Crippen molar-refractivity contribution in [2.24, 2.45) is 5.73 Å². The molecule has 0 bridgehead atoms. The van der Waals surface area contributed by atoms with Crippen LogP contribution in [0.5, 0.6) is 0 Å². The number of nitrogens with zero attached hydrogens (tertiary/aromatic N) is 1. The Morgan fingerprint density at radius 1 is 1.41 bits per heavy atom. The molecule has 4 nitrogen and oxygen atoms in total. The standard InChI is InChI=1S/C10H17F3N2O2/c1-15(5-2-10(11,12)13)8(16)9(14)3-6-17-7-4-9/h2-7,14H2,1H3. The molecule has 0 saturated carbocycles. The number of amides is 1. The number of rotatable bonds is 3. The van der Waals surface area contributed by atoms with E-state index in [-0.39, 0.29) is 6.54 Å². The molecule has 1 fully saturated rings. The molecule has 1 rings (SSSR count). The van der Waals surface area contributed by atoms with Crippen LogP contribution in [-0.4, -0.2) is 49.3 Å². The van der Waals surface area contributed by atoms with Crippen molar-refractivity contribution in [2.45, 2.75) is 31.0 Å². The minimum Gasteiger partial charge on any atom is -0.381 e. The Bertz CT molecular complexity index is 275. The molecule has 100 valence electrons. The van der Waals surface area contributed by atoms with Gasteiger partial charge in [0.2, 0.25) is 5.91 Å². The number of alkyl halides is 3. The van der Waals surface area contributed by atoms with Gasteiger partial charge < -0.3 is 15.4 Å². The van der Waals surface area contributed by atoms with Crippen molar-refractivity contribution in [1.82, 2.24) is 4.90 Å². The Labute approximate surface area is 97.9 Å². The summed E-state index contributed by atoms with van der Waals surface area (Å²) in [6.45, 7) is 0.382. The van der Waals surface area contributed by atoms with Crippen LogP contribution in [0.25, 0.3) is 0 Å². The number of hydrogen-bond donors (Lipinski definition) is 1. The molecule has 2 N–H and O–H groups in total. The molecule has 1 aliphatic heterocycles. The summed E-state index contributed by atoms with van der Waals surface area (Å²) in [7, 11) is 1.35. The normalized spacial score (nSPS) is 20.1. The van der Waals surface area contributed by atoms with Gasteiger partial charge in [0.25, 0.3) is 0 Å². The van der Waals surface area contributed by atoms with Crippen molar-refractivity contribution >= 4 is 5.91 Å². The predicted octanol–water partition coefficient (Wildman–Crippen LogP) is 0.905. The summed E-state index contributed by atoms with van der Waals surface area (Å²) in [5.41, 5.74) is 4.82. The zero-order valence-corrected chi connectivity index (χ0v) is 9.72. The van der Waals surface area contributed by atoms with Crippen LogP contribution in [0.1, 0.15) is 19.3 Å². The van der Waals surface area contributed by atoms with Crippen molar-refractivity contribution < 1.29 is 22.7 Å². The minimum atomic E-state index is -4.26. The van der Waals surface area contributed by atoms with Gasteiger partial charge in [-0.15, -0.1) is 0 Å². The average molecular weight is 254 g/mol. The molecule has 0 aromatic rings. The van der Waals surface area contributed by atoms with Gasteiger partial charge in [0, 0.05) is 26.8 Å². The zero-order valence-electron chi connectivity index (χ0n) is 9.72. The number of nitrogens with two attached hydrogens (primary N) is 1. The lowest BCUT2D eigenvalue weighted by atomic mass is 9.90. The van der Waals surface area contributed by atoms with E-state index in [1.807, 2.05) is 0 Å². The number of likely N-dealkylation sites (N-methyl/N-ethyl adjacent to an activating group) is 1. The second-order valence-electron chi connectivity index (χ2n) is 4.36. The van der Waals surface area contributed by atoms with Crippen LogP contribution in [0.4, 0.5) is 13.2 Å². The van der Waals surface area contributed by atoms with Crippen molar-refractivity contribution in [3.05, 3.63) is 0 Å². The highest BCUT2D eigenvalue weighted by atomic mass is 19.4. The third-order valence-corrected chi connectivity index (χ3v) is 2.89. The van der Waals surface area contributed by atoms with Gasteiger partial charge in [-0.05, 0) is 12.8 Å². The topological polar surface area (TPSA) is 55.6 Å². The lowest BCUT2D eigenvalue weighted by Gasteiger charge is -2.35. The van der Waals surface area contributed by atoms with Crippen LogP contribution in [0.3, 0.4) is 0 Å². The number of hydrogen-bond acceptors (Lipinski definition) is 3. The fourth-order valence-corrected chi connectivity index (χ4v) is 1.73. The second-order valence-corrected chi connectivity index (χ2v) is 4.36. The molecule has 0 radical (unpaired) electrons. The zero-order chi connectivity index (χ0) is 13.1. The van der Waals surface area contributed by atoms with E-state index in [9.17, 15) is 18.0 Å². The number of ether oxygens (including phenoxy) is 1. The molecule has 0 unspecified atom stereocenters. The molecule has 7 heteroatoms. The van der Waals surface area contributed by atoms with E-state index in [1.165, 1.54) is 7.05 Å². The Morgan fingerprint density at radius 3 is 2.41 bits per heavy atom. The van der Waals surface area contributed by atoms with E-state index >= 15 is 0 Å². The predicted molar refractivity (Wildman–Crippen MR) is 55.3 cm³/mol. The SMILES string of the molecule is CN(CCC(F)(F)F)C(=O)C1(N)CCOCC1. The Balaban J connectivity index is 2.50. The van der Waals surface area contributed by atoms with Gasteiger partial charge in [0.1, 0.15) is 0 Å². The largest absolute Gasteiger partial charge is 0.390 e. The molecule has 0 spiro atoms. The molecule has 1 heterocycles. The van der Waals surface area contributed by atoms with Crippen molar-refractivity contribution in [3.63, 3.8) is 0 Å². The van der Waals surface area contributed by atoms with Crippen LogP contribution >= 0.6 is 0 Å². The van der Waals surface area contributed by atoms with Gasteiger partial charge in [0.05, 0.1) is 12.0 Å². The maximum Gasteiger partial charge on any atom is 0.390 e. The fraction of sp³-hybridized carbons (Fsp3) is 0.900. The minimum absolute atomic E-state index is 0.349. The van der Waals surface area contributed by atoms with Gasteiger partial charge in [-0.1, -0.05) is 0 Å². The summed E-state index contributed by atoms with van der Waals surface area (Å²) < 4.78 is 41.2. The first-order valence-corrected chi connectivity index (χ1v) is 5.43. The summed E-state index contributed by atoms with van der Waals surface area (Å²) in [6.07, 6.45) is -4.57. The second kappa shape index (κ2) is 5.22. The molecule has 17 heavy (non-hydrogen) atoms. The van der Waals surface area contributed by atoms with Crippen LogP contribution in [0.15, 0.2) is 0 Å². The van der Waals surface area contributed by atoms with Gasteiger partial charge >= 0.3 is 6.18 Å². The van der Waals surface area contributed by atoms with E-state index < -0.39 is 24.0 Å². The molecular formula is C10H17F3N2O2. The summed E-state index contributed by atoms with van der Waals surface area (Å²) in [5.74, 6) is -0.440. The first kappa shape index (κ1) is 14.2. The summed E-state index contributed by atoms with van der Waals surface area (Å²) in [6, 6.07) is 0. The van der Waals surface area contributed by atoms with Gasteiger partial charge in [-0.3, -0.25) is 4.79 Å². The number of carbonyl (C=O) groups excluding carboxylic acids is 1. The van der Waals surface area contributed by atoms with Crippen LogP contribution < -0.4 is 5.73 Å². The Kier molecular flexibility index (Phi) is 4.37. The number of carbonyl (C=O) groups is 1. The van der Waals surface area contributed by atoms with Gasteiger partial charge in [-0.25, -0.2) is 0 Å². The smallest absolute Gasteiger partial charge is 0.381 e. The molecule has 1 saturated heterocycles. The summed E-state index contributed by atoms with van der Waals surface area (Å²) in [5, 5.41) is 0. The molecule has 1 amide bonds. The number of halogens is 3. The van der Waals surface area contributed by atoms with E-state index in [0.717, 1.165) is 4.90 Å². The Morgan fingerprint density at radius 2 is 1.94 bits per heavy atom. The quantitative estimate of drug-likeness (QED) is 0.814. The molecule has 0 aromatic carbocycles. The first-order valence-electron chi connectivity index (χ1n) is 5.43. The van der Waals surface area contributed by atoms with Gasteiger partial charge in [-0.2, -0.15) is 13.2 Å². The van der Waals surface area contributed by atoms with Crippen molar-refractivity contribution in [1.29, 1.82) is 0 Å². The fourth-order valence-electron chi connectivity index (χ4n) is 1.73. The van der Waals surface area contributed by atoms with Crippen LogP contribution in [0, 0.1) is 0 Å². The molecule has 0 aliphatic carbocycles. The van der Waals surface area contributed by atoms with E-state index in [2.05, 4.69) is 0 Å². The lowest BCUT2D eigenvalue weighted by Crippen LogP contribution is -2.57. The molecule has 0 atom stereocenters. The van der Waals surface area contributed by atoms with E-state index in [0.29, 0.717) is 26.1 Å². The summed E-state index contributed by atoms with van der Waals surface area (Å²) in [4.78, 5) is 13.0. The highest BCUT2D eigenvalue weighted by molar-refractivity contribution is 5.86. The molecule has 1 aliphatic rings. The van der Waals surface area contributed by atoms with Crippen LogP contribution in [-0.2, 0) is 9.53 Å². The maximum atomic E-state index is 12.0. The maximum absolute atomic E-state index is 12.0. The highest BCUT2D eigenvalue weighted by Crippen LogP contribution is 2.23. The molecule has 0 aromatic heterocycles. The van der Waals surface area contributed by atoms with Crippen LogP contribution in [0.2, 0.25) is 0 Å². The third kappa shape index (κ3) is 4.16. The van der Waals surface area contributed by atoms with Gasteiger partial charge in [0.15, 0.2) is 0 Å². The first-order chi connectivity index (χ1) is 7.75. The molecular weight excluding hydrogens is 237 g/mol. The average Bonchev–Trinajstić information content (AvgIpc) is 2.25.